The first-order valence-electron chi connectivity index (χ1n) is 4.91. The Labute approximate surface area is 98.6 Å². The van der Waals surface area contributed by atoms with Crippen LogP contribution >= 0.6 is 11.6 Å². The third-order valence-corrected chi connectivity index (χ3v) is 2.18. The molecule has 6 nitrogen and oxygen atoms in total. The van der Waals surface area contributed by atoms with Gasteiger partial charge in [-0.3, -0.25) is 4.79 Å². The Kier molecular flexibility index (Phi) is 4.78. The van der Waals surface area contributed by atoms with Gasteiger partial charge in [-0.15, -0.1) is 0 Å². The van der Waals surface area contributed by atoms with Gasteiger partial charge in [0.25, 0.3) is 0 Å². The Morgan fingerprint density at radius 2 is 2.31 bits per heavy atom. The number of hydrogen-bond donors (Lipinski definition) is 3. The molecule has 16 heavy (non-hydrogen) atoms. The van der Waals surface area contributed by atoms with Crippen LogP contribution in [0.3, 0.4) is 0 Å². The van der Waals surface area contributed by atoms with Crippen LogP contribution < -0.4 is 16.4 Å². The number of nitrogens with zero attached hydrogens (tertiary/aromatic N) is 2. The second-order valence-corrected chi connectivity index (χ2v) is 3.50. The molecule has 88 valence electrons. The molecule has 4 N–H and O–H groups in total. The van der Waals surface area contributed by atoms with Gasteiger partial charge in [0.05, 0.1) is 6.54 Å². The van der Waals surface area contributed by atoms with Crippen molar-refractivity contribution in [2.45, 2.75) is 13.3 Å². The molecule has 0 atom stereocenters. The van der Waals surface area contributed by atoms with E-state index in [1.807, 2.05) is 6.92 Å². The molecule has 1 aromatic heterocycles. The number of carbonyl (C=O) groups excluding carboxylic acids is 1. The third kappa shape index (κ3) is 3.54. The van der Waals surface area contributed by atoms with Crippen LogP contribution in [0.1, 0.15) is 13.3 Å². The van der Waals surface area contributed by atoms with Gasteiger partial charge in [0.1, 0.15) is 17.2 Å². The molecule has 0 bridgehead atoms. The maximum absolute atomic E-state index is 11.3. The normalized spacial score (nSPS) is 9.88. The van der Waals surface area contributed by atoms with Crippen molar-refractivity contribution in [2.24, 2.45) is 0 Å². The molecule has 0 spiro atoms. The predicted octanol–water partition coefficient (Wildman–Crippen LogP) is 0.650. The Balaban J connectivity index is 2.48. The number of amides is 1. The number of carbonyl (C=O) groups is 1. The molecule has 0 radical (unpaired) electrons. The zero-order chi connectivity index (χ0) is 12.0. The Morgan fingerprint density at radius 3 is 3.00 bits per heavy atom. The smallest absolute Gasteiger partial charge is 0.239 e. The summed E-state index contributed by atoms with van der Waals surface area (Å²) in [6, 6.07) is 0. The maximum Gasteiger partial charge on any atom is 0.239 e. The highest BCUT2D eigenvalue weighted by molar-refractivity contribution is 6.35. The summed E-state index contributed by atoms with van der Waals surface area (Å²) < 4.78 is 0. The SMILES string of the molecule is CCCNC(=O)CNc1ncnc(N)c1Cl. The number of nitrogens with one attached hydrogen (secondary N) is 2. The minimum absolute atomic E-state index is 0.107. The number of nitrogen functional groups attached to an aromatic ring is 1. The molecule has 0 unspecified atom stereocenters. The predicted molar refractivity (Wildman–Crippen MR) is 63.2 cm³/mol. The number of anilines is 2. The van der Waals surface area contributed by atoms with Crippen molar-refractivity contribution < 1.29 is 4.79 Å². The number of halogens is 1. The van der Waals surface area contributed by atoms with Crippen molar-refractivity contribution in [1.29, 1.82) is 0 Å². The van der Waals surface area contributed by atoms with Crippen molar-refractivity contribution in [2.75, 3.05) is 24.1 Å². The van der Waals surface area contributed by atoms with Crippen LogP contribution in [0.2, 0.25) is 5.02 Å². The number of rotatable bonds is 5. The Bertz CT molecular complexity index is 371. The average Bonchev–Trinajstić information content (AvgIpc) is 2.28. The summed E-state index contributed by atoms with van der Waals surface area (Å²) in [6.07, 6.45) is 2.18. The van der Waals surface area contributed by atoms with E-state index in [1.54, 1.807) is 0 Å². The fourth-order valence-corrected chi connectivity index (χ4v) is 1.16. The first kappa shape index (κ1) is 12.5. The van der Waals surface area contributed by atoms with Gasteiger partial charge in [0.2, 0.25) is 5.91 Å². The molecule has 1 rings (SSSR count). The molecule has 0 aliphatic carbocycles. The highest BCUT2D eigenvalue weighted by Gasteiger charge is 2.07. The lowest BCUT2D eigenvalue weighted by Gasteiger charge is -2.08. The second kappa shape index (κ2) is 6.12. The molecule has 0 aromatic carbocycles. The van der Waals surface area contributed by atoms with Crippen LogP contribution in [-0.2, 0) is 4.79 Å². The lowest BCUT2D eigenvalue weighted by Crippen LogP contribution is -2.30. The quantitative estimate of drug-likeness (QED) is 0.706. The van der Waals surface area contributed by atoms with Gasteiger partial charge in [-0.25, -0.2) is 9.97 Å². The van der Waals surface area contributed by atoms with Gasteiger partial charge in [-0.1, -0.05) is 18.5 Å². The van der Waals surface area contributed by atoms with Gasteiger partial charge >= 0.3 is 0 Å². The van der Waals surface area contributed by atoms with E-state index in [1.165, 1.54) is 6.33 Å². The largest absolute Gasteiger partial charge is 0.382 e. The first-order chi connectivity index (χ1) is 7.65. The summed E-state index contributed by atoms with van der Waals surface area (Å²) in [7, 11) is 0. The van der Waals surface area contributed by atoms with E-state index in [2.05, 4.69) is 20.6 Å². The van der Waals surface area contributed by atoms with E-state index in [4.69, 9.17) is 17.3 Å². The first-order valence-corrected chi connectivity index (χ1v) is 5.29. The summed E-state index contributed by atoms with van der Waals surface area (Å²) in [5, 5.41) is 5.73. The van der Waals surface area contributed by atoms with Crippen LogP contribution in [0.15, 0.2) is 6.33 Å². The number of hydrogen-bond acceptors (Lipinski definition) is 5. The summed E-state index contributed by atoms with van der Waals surface area (Å²) in [5.74, 6) is 0.434. The van der Waals surface area contributed by atoms with Crippen molar-refractivity contribution in [3.8, 4) is 0 Å². The van der Waals surface area contributed by atoms with E-state index >= 15 is 0 Å². The van der Waals surface area contributed by atoms with E-state index in [0.29, 0.717) is 12.4 Å². The summed E-state index contributed by atoms with van der Waals surface area (Å²) in [4.78, 5) is 18.9. The molecule has 0 saturated carbocycles. The molecule has 7 heteroatoms. The van der Waals surface area contributed by atoms with E-state index in [9.17, 15) is 4.79 Å². The zero-order valence-corrected chi connectivity index (χ0v) is 9.71. The third-order valence-electron chi connectivity index (χ3n) is 1.81. The van der Waals surface area contributed by atoms with Crippen LogP contribution in [-0.4, -0.2) is 29.0 Å². The number of nitrogens with two attached hydrogens (primary N) is 1. The monoisotopic (exact) mass is 243 g/mol. The Hall–Kier alpha value is -1.56. The molecule has 0 aliphatic heterocycles. The van der Waals surface area contributed by atoms with Crippen molar-refractivity contribution in [1.82, 2.24) is 15.3 Å². The van der Waals surface area contributed by atoms with Crippen LogP contribution in [0, 0.1) is 0 Å². The van der Waals surface area contributed by atoms with E-state index < -0.39 is 0 Å². The van der Waals surface area contributed by atoms with E-state index in [0.717, 1.165) is 6.42 Å². The van der Waals surface area contributed by atoms with Crippen LogP contribution in [0.5, 0.6) is 0 Å². The molecule has 0 fully saturated rings. The summed E-state index contributed by atoms with van der Waals surface area (Å²) in [6.45, 7) is 2.74. The standard InChI is InChI=1S/C9H14ClN5O/c1-2-3-12-6(16)4-13-9-7(10)8(11)14-5-15-9/h5H,2-4H2,1H3,(H,12,16)(H3,11,13,14,15). The lowest BCUT2D eigenvalue weighted by molar-refractivity contribution is -0.119. The van der Waals surface area contributed by atoms with Crippen molar-refractivity contribution in [3.05, 3.63) is 11.3 Å². The van der Waals surface area contributed by atoms with Gasteiger partial charge in [-0.05, 0) is 6.42 Å². The van der Waals surface area contributed by atoms with Gasteiger partial charge < -0.3 is 16.4 Å². The second-order valence-electron chi connectivity index (χ2n) is 3.13. The fourth-order valence-electron chi connectivity index (χ4n) is 0.998. The molecule has 1 heterocycles. The summed E-state index contributed by atoms with van der Waals surface area (Å²) in [5.41, 5.74) is 5.48. The average molecular weight is 244 g/mol. The van der Waals surface area contributed by atoms with Gasteiger partial charge in [0.15, 0.2) is 5.82 Å². The lowest BCUT2D eigenvalue weighted by atomic mass is 10.4. The van der Waals surface area contributed by atoms with Crippen LogP contribution in [0.4, 0.5) is 11.6 Å². The van der Waals surface area contributed by atoms with Crippen molar-refractivity contribution in [3.63, 3.8) is 0 Å². The number of aromatic nitrogens is 2. The zero-order valence-electron chi connectivity index (χ0n) is 8.96. The minimum Gasteiger partial charge on any atom is -0.382 e. The molecule has 1 aromatic rings. The molecule has 0 saturated heterocycles. The fraction of sp³-hybridized carbons (Fsp3) is 0.444. The highest BCUT2D eigenvalue weighted by atomic mass is 35.5. The molecular weight excluding hydrogens is 230 g/mol. The van der Waals surface area contributed by atoms with Crippen LogP contribution in [0.25, 0.3) is 0 Å². The van der Waals surface area contributed by atoms with Gasteiger partial charge in [-0.2, -0.15) is 0 Å². The molecule has 1 amide bonds. The van der Waals surface area contributed by atoms with Crippen molar-refractivity contribution >= 4 is 29.1 Å². The van der Waals surface area contributed by atoms with E-state index in [-0.39, 0.29) is 23.3 Å². The topological polar surface area (TPSA) is 92.9 Å². The van der Waals surface area contributed by atoms with Gasteiger partial charge in [0, 0.05) is 6.54 Å². The highest BCUT2D eigenvalue weighted by Crippen LogP contribution is 2.22. The summed E-state index contributed by atoms with van der Waals surface area (Å²) >= 11 is 5.84. The minimum atomic E-state index is -0.116. The molecular formula is C9H14ClN5O. The molecule has 0 aliphatic rings. The maximum atomic E-state index is 11.3. The Morgan fingerprint density at radius 1 is 1.56 bits per heavy atom.